The van der Waals surface area contributed by atoms with Gasteiger partial charge in [0.1, 0.15) is 17.1 Å². The van der Waals surface area contributed by atoms with Gasteiger partial charge in [-0.05, 0) is 43.7 Å². The minimum atomic E-state index is -0.470. The molecule has 0 amide bonds. The highest BCUT2D eigenvalue weighted by atomic mass is 35.5. The number of rotatable bonds is 4. The lowest BCUT2D eigenvalue weighted by molar-refractivity contribution is 0.471. The lowest BCUT2D eigenvalue weighted by Gasteiger charge is -2.23. The third-order valence-corrected chi connectivity index (χ3v) is 5.62. The fourth-order valence-electron chi connectivity index (χ4n) is 3.36. The molecule has 0 fully saturated rings. The summed E-state index contributed by atoms with van der Waals surface area (Å²) in [6, 6.07) is 18.4. The van der Waals surface area contributed by atoms with Crippen LogP contribution in [0.3, 0.4) is 0 Å². The first kappa shape index (κ1) is 19.5. The summed E-state index contributed by atoms with van der Waals surface area (Å²) in [6.45, 7) is 3.82. The van der Waals surface area contributed by atoms with Crippen LogP contribution < -0.4 is 5.32 Å². The van der Waals surface area contributed by atoms with Gasteiger partial charge in [0.25, 0.3) is 0 Å². The highest BCUT2D eigenvalue weighted by Gasteiger charge is 2.23. The first-order chi connectivity index (χ1) is 13.9. The second-order valence-corrected chi connectivity index (χ2v) is 7.70. The number of benzene rings is 2. The van der Waals surface area contributed by atoms with Crippen molar-refractivity contribution in [3.8, 4) is 5.75 Å². The highest BCUT2D eigenvalue weighted by molar-refractivity contribution is 6.42. The summed E-state index contributed by atoms with van der Waals surface area (Å²) >= 11 is 12.8. The number of aromatic nitrogens is 2. The Hall–Kier alpha value is -2.82. The van der Waals surface area contributed by atoms with Crippen LogP contribution >= 0.6 is 23.2 Å². The van der Waals surface area contributed by atoms with E-state index in [0.29, 0.717) is 26.9 Å². The summed E-state index contributed by atoms with van der Waals surface area (Å²) in [6.07, 6.45) is 0. The van der Waals surface area contributed by atoms with E-state index in [-0.39, 0.29) is 5.75 Å². The minimum absolute atomic E-state index is 0.104. The topological polar surface area (TPSA) is 58.0 Å². The van der Waals surface area contributed by atoms with Crippen molar-refractivity contribution >= 4 is 39.9 Å². The molecule has 2 N–H and O–H groups in total. The summed E-state index contributed by atoms with van der Waals surface area (Å²) in [5.41, 5.74) is 3.64. The van der Waals surface area contributed by atoms with Gasteiger partial charge in [0.05, 0.1) is 16.1 Å². The molecule has 0 aliphatic rings. The maximum absolute atomic E-state index is 11.1. The van der Waals surface area contributed by atoms with E-state index in [1.54, 1.807) is 6.07 Å². The second kappa shape index (κ2) is 7.90. The van der Waals surface area contributed by atoms with E-state index in [2.05, 4.69) is 15.3 Å². The van der Waals surface area contributed by atoms with Crippen LogP contribution in [0.2, 0.25) is 10.0 Å². The molecule has 2 aromatic heterocycles. The number of nitrogens with one attached hydrogen (secondary N) is 1. The molecule has 2 heterocycles. The fourth-order valence-corrected chi connectivity index (χ4v) is 3.77. The van der Waals surface area contributed by atoms with Crippen LogP contribution in [0.25, 0.3) is 10.9 Å². The van der Waals surface area contributed by atoms with Crippen LogP contribution in [0.4, 0.5) is 5.82 Å². The van der Waals surface area contributed by atoms with Crippen LogP contribution in [0.5, 0.6) is 5.75 Å². The highest BCUT2D eigenvalue weighted by Crippen LogP contribution is 2.40. The van der Waals surface area contributed by atoms with E-state index in [1.165, 1.54) is 0 Å². The molecule has 146 valence electrons. The largest absolute Gasteiger partial charge is 0.505 e. The third kappa shape index (κ3) is 3.86. The first-order valence-electron chi connectivity index (χ1n) is 9.17. The van der Waals surface area contributed by atoms with Crippen molar-refractivity contribution in [1.29, 1.82) is 0 Å². The van der Waals surface area contributed by atoms with E-state index < -0.39 is 6.04 Å². The normalized spacial score (nSPS) is 12.1. The summed E-state index contributed by atoms with van der Waals surface area (Å²) in [5, 5.41) is 16.2. The maximum atomic E-state index is 11.1. The Morgan fingerprint density at radius 2 is 1.55 bits per heavy atom. The van der Waals surface area contributed by atoms with Crippen molar-refractivity contribution in [2.45, 2.75) is 19.9 Å². The number of hydrogen-bond donors (Lipinski definition) is 2. The van der Waals surface area contributed by atoms with Gasteiger partial charge < -0.3 is 10.4 Å². The molecule has 1 unspecified atom stereocenters. The number of aromatic hydroxyl groups is 1. The van der Waals surface area contributed by atoms with Crippen LogP contribution in [-0.2, 0) is 0 Å². The predicted octanol–water partition coefficient (Wildman–Crippen LogP) is 6.46. The number of halogens is 2. The summed E-state index contributed by atoms with van der Waals surface area (Å²) < 4.78 is 0. The number of anilines is 1. The number of fused-ring (bicyclic) bond motifs is 1. The smallest absolute Gasteiger partial charge is 0.147 e. The summed E-state index contributed by atoms with van der Waals surface area (Å²) in [4.78, 5) is 9.06. The Bertz CT molecular complexity index is 1210. The molecule has 0 spiro atoms. The van der Waals surface area contributed by atoms with E-state index in [4.69, 9.17) is 23.2 Å². The number of aryl methyl sites for hydroxylation is 2. The predicted molar refractivity (Wildman–Crippen MR) is 119 cm³/mol. The molecule has 0 aliphatic heterocycles. The molecule has 4 rings (SSSR count). The van der Waals surface area contributed by atoms with Crippen molar-refractivity contribution in [3.63, 3.8) is 0 Å². The van der Waals surface area contributed by atoms with Crippen molar-refractivity contribution in [1.82, 2.24) is 9.97 Å². The van der Waals surface area contributed by atoms with Crippen molar-refractivity contribution in [2.24, 2.45) is 0 Å². The quantitative estimate of drug-likeness (QED) is 0.395. The van der Waals surface area contributed by atoms with Crippen LogP contribution in [0.15, 0.2) is 60.7 Å². The Kier molecular flexibility index (Phi) is 5.31. The number of pyridine rings is 2. The van der Waals surface area contributed by atoms with E-state index in [1.807, 2.05) is 68.4 Å². The molecule has 0 radical (unpaired) electrons. The second-order valence-electron chi connectivity index (χ2n) is 6.91. The van der Waals surface area contributed by atoms with E-state index >= 15 is 0 Å². The molecule has 4 aromatic rings. The molecule has 6 heteroatoms. The molecule has 29 heavy (non-hydrogen) atoms. The van der Waals surface area contributed by atoms with Gasteiger partial charge in [-0.25, -0.2) is 9.97 Å². The number of hydrogen-bond acceptors (Lipinski definition) is 4. The molecule has 2 aromatic carbocycles. The van der Waals surface area contributed by atoms with E-state index in [9.17, 15) is 5.11 Å². The van der Waals surface area contributed by atoms with Crippen LogP contribution in [0.1, 0.15) is 28.6 Å². The fraction of sp³-hybridized carbons (Fsp3) is 0.130. The standard InChI is InChI=1S/C23H19Cl2N3O/c1-13-5-3-8-19(26-13)28-22(16-6-4-7-18(24)20(16)25)17-12-11-15-10-9-14(2)27-21(15)23(17)29/h3-12,22,29H,1-2H3,(H,26,28). The number of phenolic OH excluding ortho intramolecular Hbond substituents is 1. The SMILES string of the molecule is Cc1cccc(NC(c2cccc(Cl)c2Cl)c2ccc3ccc(C)nc3c2O)n1. The Morgan fingerprint density at radius 1 is 0.828 bits per heavy atom. The first-order valence-corrected chi connectivity index (χ1v) is 9.93. The summed E-state index contributed by atoms with van der Waals surface area (Å²) in [5.74, 6) is 0.773. The Balaban J connectivity index is 1.91. The minimum Gasteiger partial charge on any atom is -0.505 e. The monoisotopic (exact) mass is 423 g/mol. The van der Waals surface area contributed by atoms with Gasteiger partial charge >= 0.3 is 0 Å². The molecule has 0 saturated heterocycles. The van der Waals surface area contributed by atoms with Crippen LogP contribution in [0, 0.1) is 13.8 Å². The number of nitrogens with zero attached hydrogens (tertiary/aromatic N) is 2. The lowest BCUT2D eigenvalue weighted by atomic mass is 9.96. The zero-order valence-corrected chi connectivity index (χ0v) is 17.5. The van der Waals surface area contributed by atoms with Gasteiger partial charge in [-0.3, -0.25) is 0 Å². The van der Waals surface area contributed by atoms with Gasteiger partial charge in [0.15, 0.2) is 0 Å². The van der Waals surface area contributed by atoms with Crippen LogP contribution in [-0.4, -0.2) is 15.1 Å². The zero-order chi connectivity index (χ0) is 20.5. The Labute approximate surface area is 179 Å². The number of phenols is 1. The van der Waals surface area contributed by atoms with E-state index in [0.717, 1.165) is 22.3 Å². The van der Waals surface area contributed by atoms with Crippen molar-refractivity contribution < 1.29 is 5.11 Å². The van der Waals surface area contributed by atoms with Crippen molar-refractivity contribution in [2.75, 3.05) is 5.32 Å². The molecule has 4 nitrogen and oxygen atoms in total. The molecule has 1 atom stereocenters. The van der Waals surface area contributed by atoms with Gasteiger partial charge in [-0.2, -0.15) is 0 Å². The molecule has 0 aliphatic carbocycles. The average molecular weight is 424 g/mol. The third-order valence-electron chi connectivity index (χ3n) is 4.79. The van der Waals surface area contributed by atoms with Gasteiger partial charge in [0, 0.05) is 22.3 Å². The summed E-state index contributed by atoms with van der Waals surface area (Å²) in [7, 11) is 0. The maximum Gasteiger partial charge on any atom is 0.147 e. The Morgan fingerprint density at radius 3 is 2.34 bits per heavy atom. The zero-order valence-electron chi connectivity index (χ0n) is 15.9. The van der Waals surface area contributed by atoms with Gasteiger partial charge in [-0.1, -0.05) is 59.6 Å². The van der Waals surface area contributed by atoms with Crippen molar-refractivity contribution in [3.05, 3.63) is 93.2 Å². The average Bonchev–Trinajstić information content (AvgIpc) is 2.70. The van der Waals surface area contributed by atoms with Gasteiger partial charge in [0.2, 0.25) is 0 Å². The molecular formula is C23H19Cl2N3O. The molecular weight excluding hydrogens is 405 g/mol. The molecule has 0 saturated carbocycles. The van der Waals surface area contributed by atoms with Gasteiger partial charge in [-0.15, -0.1) is 0 Å². The lowest BCUT2D eigenvalue weighted by Crippen LogP contribution is -2.14. The molecule has 0 bridgehead atoms.